The standard InChI is InChI=1S/C31H24BrN5O/c32-26-13-7-8-22(18-26)19-37-20-27(35-36-37)21-38-28-16-14-25(15-17-28)31-33-29(23-9-3-1-4-10-23)30(34-31)24-11-5-2-6-12-24/h1-18,20H,19,21H2,(H,33,34). The van der Waals surface area contributed by atoms with Gasteiger partial charge in [-0.25, -0.2) is 9.67 Å². The van der Waals surface area contributed by atoms with Gasteiger partial charge >= 0.3 is 0 Å². The Morgan fingerprint density at radius 1 is 0.763 bits per heavy atom. The lowest BCUT2D eigenvalue weighted by atomic mass is 10.1. The molecule has 4 aromatic carbocycles. The molecule has 38 heavy (non-hydrogen) atoms. The van der Waals surface area contributed by atoms with Gasteiger partial charge in [0.25, 0.3) is 0 Å². The molecule has 0 aliphatic carbocycles. The number of ether oxygens (including phenoxy) is 1. The van der Waals surface area contributed by atoms with Crippen LogP contribution >= 0.6 is 15.9 Å². The Morgan fingerprint density at radius 2 is 1.50 bits per heavy atom. The predicted molar refractivity (Wildman–Crippen MR) is 152 cm³/mol. The minimum Gasteiger partial charge on any atom is -0.487 e. The largest absolute Gasteiger partial charge is 0.487 e. The Bertz CT molecular complexity index is 1590. The van der Waals surface area contributed by atoms with Crippen molar-refractivity contribution >= 4 is 15.9 Å². The van der Waals surface area contributed by atoms with E-state index in [9.17, 15) is 0 Å². The second-order valence-corrected chi connectivity index (χ2v) is 9.81. The molecule has 7 heteroatoms. The smallest absolute Gasteiger partial charge is 0.138 e. The minimum atomic E-state index is 0.342. The van der Waals surface area contributed by atoms with Crippen LogP contribution in [0.2, 0.25) is 0 Å². The minimum absolute atomic E-state index is 0.342. The molecular weight excluding hydrogens is 538 g/mol. The lowest BCUT2D eigenvalue weighted by Gasteiger charge is -2.05. The van der Waals surface area contributed by atoms with Crippen LogP contribution in [0.1, 0.15) is 11.3 Å². The number of nitrogens with one attached hydrogen (secondary N) is 1. The highest BCUT2D eigenvalue weighted by molar-refractivity contribution is 9.10. The summed E-state index contributed by atoms with van der Waals surface area (Å²) in [6, 6.07) is 36.6. The van der Waals surface area contributed by atoms with E-state index in [1.54, 1.807) is 0 Å². The van der Waals surface area contributed by atoms with Gasteiger partial charge in [-0.1, -0.05) is 93.9 Å². The van der Waals surface area contributed by atoms with Crippen molar-refractivity contribution in [3.05, 3.63) is 131 Å². The molecular formula is C31H24BrN5O. The van der Waals surface area contributed by atoms with Crippen molar-refractivity contribution in [3.8, 4) is 39.7 Å². The first-order valence-electron chi connectivity index (χ1n) is 12.3. The van der Waals surface area contributed by atoms with Crippen LogP contribution in [0.5, 0.6) is 5.75 Å². The van der Waals surface area contributed by atoms with E-state index in [0.29, 0.717) is 13.2 Å². The highest BCUT2D eigenvalue weighted by Gasteiger charge is 2.15. The quantitative estimate of drug-likeness (QED) is 0.210. The third kappa shape index (κ3) is 5.43. The average molecular weight is 562 g/mol. The third-order valence-corrected chi connectivity index (χ3v) is 6.64. The number of hydrogen-bond donors (Lipinski definition) is 1. The molecule has 6 nitrogen and oxygen atoms in total. The molecule has 0 aliphatic rings. The normalized spacial score (nSPS) is 11.0. The molecule has 0 amide bonds. The van der Waals surface area contributed by atoms with Crippen molar-refractivity contribution in [1.29, 1.82) is 0 Å². The van der Waals surface area contributed by atoms with E-state index < -0.39 is 0 Å². The molecule has 2 aromatic heterocycles. The highest BCUT2D eigenvalue weighted by Crippen LogP contribution is 2.33. The van der Waals surface area contributed by atoms with Gasteiger partial charge in [0, 0.05) is 21.2 Å². The fourth-order valence-corrected chi connectivity index (χ4v) is 4.75. The Hall–Kier alpha value is -4.49. The molecule has 2 heterocycles. The van der Waals surface area contributed by atoms with Gasteiger partial charge in [-0.2, -0.15) is 0 Å². The van der Waals surface area contributed by atoms with Crippen LogP contribution in [0.25, 0.3) is 33.9 Å². The first kappa shape index (κ1) is 23.9. The Morgan fingerprint density at radius 3 is 2.24 bits per heavy atom. The topological polar surface area (TPSA) is 68.6 Å². The zero-order valence-corrected chi connectivity index (χ0v) is 22.0. The summed E-state index contributed by atoms with van der Waals surface area (Å²) in [6.07, 6.45) is 1.91. The lowest BCUT2D eigenvalue weighted by molar-refractivity contribution is 0.301. The zero-order chi connectivity index (χ0) is 25.7. The summed E-state index contributed by atoms with van der Waals surface area (Å²) in [5.41, 5.74) is 7.00. The van der Waals surface area contributed by atoms with Crippen LogP contribution in [0.4, 0.5) is 0 Å². The van der Waals surface area contributed by atoms with E-state index in [1.165, 1.54) is 0 Å². The number of aromatic nitrogens is 5. The molecule has 1 N–H and O–H groups in total. The molecule has 186 valence electrons. The summed E-state index contributed by atoms with van der Waals surface area (Å²) in [4.78, 5) is 8.51. The maximum atomic E-state index is 5.98. The Balaban J connectivity index is 1.17. The highest BCUT2D eigenvalue weighted by atomic mass is 79.9. The van der Waals surface area contributed by atoms with Gasteiger partial charge in [0.2, 0.25) is 0 Å². The van der Waals surface area contributed by atoms with Crippen molar-refractivity contribution in [1.82, 2.24) is 25.0 Å². The molecule has 0 saturated heterocycles. The number of aromatic amines is 1. The fraction of sp³-hybridized carbons (Fsp3) is 0.0645. The number of H-pyrrole nitrogens is 1. The second-order valence-electron chi connectivity index (χ2n) is 8.89. The predicted octanol–water partition coefficient (Wildman–Crippen LogP) is 7.39. The monoisotopic (exact) mass is 561 g/mol. The Kier molecular flexibility index (Phi) is 6.83. The van der Waals surface area contributed by atoms with E-state index in [-0.39, 0.29) is 0 Å². The zero-order valence-electron chi connectivity index (χ0n) is 20.5. The molecule has 0 fully saturated rings. The first-order valence-corrected chi connectivity index (χ1v) is 13.1. The second kappa shape index (κ2) is 10.9. The van der Waals surface area contributed by atoms with Crippen LogP contribution in [0.15, 0.2) is 120 Å². The van der Waals surface area contributed by atoms with Gasteiger partial charge in [-0.05, 0) is 42.0 Å². The van der Waals surface area contributed by atoms with E-state index in [1.807, 2.05) is 83.7 Å². The average Bonchev–Trinajstić information content (AvgIpc) is 3.61. The van der Waals surface area contributed by atoms with Gasteiger partial charge in [0.1, 0.15) is 23.9 Å². The van der Waals surface area contributed by atoms with Crippen LogP contribution in [0.3, 0.4) is 0 Å². The number of benzene rings is 4. The molecule has 0 saturated carbocycles. The molecule has 0 bridgehead atoms. The molecule has 0 spiro atoms. The molecule has 6 aromatic rings. The number of halogens is 1. The summed E-state index contributed by atoms with van der Waals surface area (Å²) >= 11 is 3.51. The maximum absolute atomic E-state index is 5.98. The summed E-state index contributed by atoms with van der Waals surface area (Å²) in [7, 11) is 0. The molecule has 0 aliphatic heterocycles. The molecule has 0 radical (unpaired) electrons. The van der Waals surface area contributed by atoms with Gasteiger partial charge in [0.15, 0.2) is 0 Å². The van der Waals surface area contributed by atoms with E-state index in [2.05, 4.69) is 67.6 Å². The summed E-state index contributed by atoms with van der Waals surface area (Å²) in [5.74, 6) is 1.57. The number of nitrogens with zero attached hydrogens (tertiary/aromatic N) is 4. The fourth-order valence-electron chi connectivity index (χ4n) is 4.30. The van der Waals surface area contributed by atoms with Crippen LogP contribution in [-0.2, 0) is 13.2 Å². The van der Waals surface area contributed by atoms with E-state index >= 15 is 0 Å². The molecule has 6 rings (SSSR count). The third-order valence-electron chi connectivity index (χ3n) is 6.15. The van der Waals surface area contributed by atoms with Crippen LogP contribution in [-0.4, -0.2) is 25.0 Å². The number of imidazole rings is 1. The van der Waals surface area contributed by atoms with Crippen molar-refractivity contribution in [3.63, 3.8) is 0 Å². The molecule has 0 atom stereocenters. The number of hydrogen-bond acceptors (Lipinski definition) is 4. The van der Waals surface area contributed by atoms with Crippen molar-refractivity contribution < 1.29 is 4.74 Å². The maximum Gasteiger partial charge on any atom is 0.138 e. The van der Waals surface area contributed by atoms with Crippen molar-refractivity contribution in [2.45, 2.75) is 13.2 Å². The van der Waals surface area contributed by atoms with Crippen LogP contribution < -0.4 is 4.74 Å². The van der Waals surface area contributed by atoms with Crippen molar-refractivity contribution in [2.75, 3.05) is 0 Å². The lowest BCUT2D eigenvalue weighted by Crippen LogP contribution is -2.00. The first-order chi connectivity index (χ1) is 18.7. The van der Waals surface area contributed by atoms with E-state index in [0.717, 1.165) is 55.4 Å². The SMILES string of the molecule is Brc1cccc(Cn2cc(COc3ccc(-c4nc(-c5ccccc5)c(-c5ccccc5)[nH]4)cc3)nn2)c1. The van der Waals surface area contributed by atoms with Crippen LogP contribution in [0, 0.1) is 0 Å². The van der Waals surface area contributed by atoms with Gasteiger partial charge in [0.05, 0.1) is 24.1 Å². The van der Waals surface area contributed by atoms with E-state index in [4.69, 9.17) is 9.72 Å². The van der Waals surface area contributed by atoms with Crippen molar-refractivity contribution in [2.24, 2.45) is 0 Å². The molecule has 0 unspecified atom stereocenters. The summed E-state index contributed by atoms with van der Waals surface area (Å²) in [5, 5.41) is 8.47. The number of rotatable bonds is 8. The Labute approximate surface area is 229 Å². The van der Waals surface area contributed by atoms with Gasteiger partial charge in [-0.3, -0.25) is 0 Å². The van der Waals surface area contributed by atoms with Gasteiger partial charge in [-0.15, -0.1) is 5.10 Å². The summed E-state index contributed by atoms with van der Waals surface area (Å²) in [6.45, 7) is 0.995. The summed E-state index contributed by atoms with van der Waals surface area (Å²) < 4.78 is 8.84. The van der Waals surface area contributed by atoms with Gasteiger partial charge < -0.3 is 9.72 Å².